The summed E-state index contributed by atoms with van der Waals surface area (Å²) in [6.07, 6.45) is 6.10. The van der Waals surface area contributed by atoms with E-state index in [9.17, 15) is 14.4 Å². The largest absolute Gasteiger partial charge is 0.352 e. The lowest BCUT2D eigenvalue weighted by atomic mass is 10.1. The summed E-state index contributed by atoms with van der Waals surface area (Å²) in [6.45, 7) is 0.164. The van der Waals surface area contributed by atoms with Crippen molar-refractivity contribution in [3.63, 3.8) is 0 Å². The molecule has 4 rings (SSSR count). The number of terminal acetylenes is 1. The van der Waals surface area contributed by atoms with E-state index >= 15 is 0 Å². The zero-order valence-corrected chi connectivity index (χ0v) is 17.0. The highest BCUT2D eigenvalue weighted by molar-refractivity contribution is 7.13. The predicted molar refractivity (Wildman–Crippen MR) is 117 cm³/mol. The van der Waals surface area contributed by atoms with Gasteiger partial charge in [0, 0.05) is 12.5 Å². The summed E-state index contributed by atoms with van der Waals surface area (Å²) in [6, 6.07) is 16.4. The third-order valence-corrected chi connectivity index (χ3v) is 6.27. The highest BCUT2D eigenvalue weighted by Crippen LogP contribution is 2.38. The molecule has 1 aliphatic carbocycles. The maximum atomic E-state index is 12.5. The van der Waals surface area contributed by atoms with Crippen LogP contribution in [-0.2, 0) is 16.1 Å². The van der Waals surface area contributed by atoms with E-state index in [0.717, 1.165) is 10.3 Å². The molecule has 0 bridgehead atoms. The van der Waals surface area contributed by atoms with Crippen molar-refractivity contribution in [2.45, 2.75) is 19.0 Å². The minimum atomic E-state index is -0.374. The monoisotopic (exact) mass is 419 g/mol. The van der Waals surface area contributed by atoms with Crippen molar-refractivity contribution in [1.82, 2.24) is 14.6 Å². The van der Waals surface area contributed by atoms with Crippen LogP contribution in [0.3, 0.4) is 0 Å². The minimum Gasteiger partial charge on any atom is -0.352 e. The number of nitrogens with one attached hydrogen (secondary N) is 2. The molecule has 0 spiro atoms. The topological polar surface area (TPSA) is 80.2 Å². The Balaban J connectivity index is 1.42. The fourth-order valence-corrected chi connectivity index (χ4v) is 4.40. The average molecular weight is 420 g/mol. The van der Waals surface area contributed by atoms with Crippen LogP contribution in [0.1, 0.15) is 18.0 Å². The summed E-state index contributed by atoms with van der Waals surface area (Å²) in [4.78, 5) is 37.4. The Hall–Kier alpha value is -3.37. The molecular formula is C23H21N3O3S. The molecular weight excluding hydrogens is 398 g/mol. The van der Waals surface area contributed by atoms with Gasteiger partial charge >= 0.3 is 0 Å². The average Bonchev–Trinajstić information content (AvgIpc) is 3.50. The van der Waals surface area contributed by atoms with Crippen molar-refractivity contribution in [1.29, 1.82) is 0 Å². The number of nitrogens with zero attached hydrogens (tertiary/aromatic N) is 1. The number of benzene rings is 2. The van der Waals surface area contributed by atoms with E-state index < -0.39 is 0 Å². The molecule has 0 unspecified atom stereocenters. The maximum Gasteiger partial charge on any atom is 0.268 e. The van der Waals surface area contributed by atoms with E-state index in [4.69, 9.17) is 6.42 Å². The lowest BCUT2D eigenvalue weighted by Gasteiger charge is -2.20. The summed E-state index contributed by atoms with van der Waals surface area (Å²) in [5.41, 5.74) is 0.718. The molecule has 0 saturated heterocycles. The van der Waals surface area contributed by atoms with E-state index in [2.05, 4.69) is 16.6 Å². The van der Waals surface area contributed by atoms with Crippen LogP contribution in [0.2, 0.25) is 0 Å². The van der Waals surface area contributed by atoms with E-state index in [1.807, 2.05) is 42.5 Å². The number of carbonyl (C=O) groups is 2. The first-order chi connectivity index (χ1) is 14.6. The highest BCUT2D eigenvalue weighted by Gasteiger charge is 2.42. The van der Waals surface area contributed by atoms with Crippen LogP contribution < -0.4 is 16.2 Å². The number of rotatable bonds is 7. The van der Waals surface area contributed by atoms with Gasteiger partial charge in [-0.25, -0.2) is 0 Å². The zero-order chi connectivity index (χ0) is 21.1. The molecule has 152 valence electrons. The van der Waals surface area contributed by atoms with Gasteiger partial charge in [0.05, 0.1) is 22.0 Å². The molecule has 1 saturated carbocycles. The van der Waals surface area contributed by atoms with Crippen molar-refractivity contribution < 1.29 is 9.59 Å². The molecule has 6 nitrogen and oxygen atoms in total. The van der Waals surface area contributed by atoms with E-state index in [0.29, 0.717) is 11.8 Å². The van der Waals surface area contributed by atoms with Crippen LogP contribution in [0.5, 0.6) is 0 Å². The first kappa shape index (κ1) is 19.9. The first-order valence-corrected chi connectivity index (χ1v) is 10.5. The molecule has 2 amide bonds. The van der Waals surface area contributed by atoms with Gasteiger partial charge in [-0.05, 0) is 24.1 Å². The molecule has 3 aromatic rings. The molecule has 1 aromatic heterocycles. The quantitative estimate of drug-likeness (QED) is 0.577. The van der Waals surface area contributed by atoms with Crippen molar-refractivity contribution in [2.24, 2.45) is 11.8 Å². The van der Waals surface area contributed by atoms with E-state index in [-0.39, 0.29) is 48.3 Å². The smallest absolute Gasteiger partial charge is 0.268 e. The number of fused-ring (bicyclic) bond motifs is 1. The fraction of sp³-hybridized carbons (Fsp3) is 0.261. The third-order valence-electron chi connectivity index (χ3n) is 5.20. The van der Waals surface area contributed by atoms with Crippen LogP contribution >= 0.6 is 11.5 Å². The normalized spacial score (nSPS) is 18.4. The third kappa shape index (κ3) is 4.29. The SMILES string of the molecule is C#C[C@H]1C[C@H]1C(=O)N[C@@H](CNC(=O)Cn1sc2ccccc2c1=O)c1ccccc1. The molecule has 30 heavy (non-hydrogen) atoms. The second kappa shape index (κ2) is 8.56. The Morgan fingerprint density at radius 1 is 1.17 bits per heavy atom. The van der Waals surface area contributed by atoms with Gasteiger partial charge in [-0.2, -0.15) is 0 Å². The summed E-state index contributed by atoms with van der Waals surface area (Å²) in [5.74, 6) is 2.07. The Kier molecular flexibility index (Phi) is 5.68. The van der Waals surface area contributed by atoms with Crippen LogP contribution in [0, 0.1) is 24.2 Å². The molecule has 1 fully saturated rings. The van der Waals surface area contributed by atoms with Crippen LogP contribution in [0.15, 0.2) is 59.4 Å². The second-order valence-corrected chi connectivity index (χ2v) is 8.38. The fourth-order valence-electron chi connectivity index (χ4n) is 3.41. The van der Waals surface area contributed by atoms with Gasteiger partial charge in [0.25, 0.3) is 5.56 Å². The van der Waals surface area contributed by atoms with E-state index in [1.165, 1.54) is 15.5 Å². The van der Waals surface area contributed by atoms with Gasteiger partial charge in [-0.15, -0.1) is 12.3 Å². The van der Waals surface area contributed by atoms with Crippen LogP contribution in [0.4, 0.5) is 0 Å². The second-order valence-electron chi connectivity index (χ2n) is 7.32. The van der Waals surface area contributed by atoms with Crippen molar-refractivity contribution in [3.8, 4) is 12.3 Å². The van der Waals surface area contributed by atoms with Gasteiger partial charge in [-0.1, -0.05) is 54.0 Å². The first-order valence-electron chi connectivity index (χ1n) is 9.74. The number of hydrogen-bond acceptors (Lipinski definition) is 4. The molecule has 0 aliphatic heterocycles. The lowest BCUT2D eigenvalue weighted by Crippen LogP contribution is -2.40. The number of carbonyl (C=O) groups excluding carboxylic acids is 2. The summed E-state index contributed by atoms with van der Waals surface area (Å²) in [5, 5.41) is 6.45. The van der Waals surface area contributed by atoms with Crippen molar-refractivity contribution in [3.05, 3.63) is 70.5 Å². The van der Waals surface area contributed by atoms with Crippen molar-refractivity contribution >= 4 is 33.4 Å². The predicted octanol–water partition coefficient (Wildman–Crippen LogP) is 2.31. The van der Waals surface area contributed by atoms with Crippen LogP contribution in [0.25, 0.3) is 10.1 Å². The molecule has 2 aromatic carbocycles. The Morgan fingerprint density at radius 2 is 1.90 bits per heavy atom. The van der Waals surface area contributed by atoms with Gasteiger partial charge in [0.15, 0.2) is 0 Å². The number of amides is 2. The molecule has 7 heteroatoms. The molecule has 1 heterocycles. The Morgan fingerprint density at radius 3 is 2.60 bits per heavy atom. The van der Waals surface area contributed by atoms with Crippen LogP contribution in [-0.4, -0.2) is 22.3 Å². The minimum absolute atomic E-state index is 0.00384. The van der Waals surface area contributed by atoms with Gasteiger partial charge in [0.2, 0.25) is 11.8 Å². The summed E-state index contributed by atoms with van der Waals surface area (Å²) in [7, 11) is 0. The number of hydrogen-bond donors (Lipinski definition) is 2. The molecule has 3 atom stereocenters. The summed E-state index contributed by atoms with van der Waals surface area (Å²) >= 11 is 1.26. The van der Waals surface area contributed by atoms with Gasteiger partial charge < -0.3 is 10.6 Å². The molecule has 0 radical (unpaired) electrons. The maximum absolute atomic E-state index is 12.5. The summed E-state index contributed by atoms with van der Waals surface area (Å²) < 4.78 is 2.29. The lowest BCUT2D eigenvalue weighted by molar-refractivity contribution is -0.124. The van der Waals surface area contributed by atoms with Crippen molar-refractivity contribution in [2.75, 3.05) is 6.54 Å². The zero-order valence-electron chi connectivity index (χ0n) is 16.2. The molecule has 2 N–H and O–H groups in total. The van der Waals surface area contributed by atoms with Gasteiger partial charge in [-0.3, -0.25) is 18.3 Å². The highest BCUT2D eigenvalue weighted by atomic mass is 32.1. The number of aromatic nitrogens is 1. The Bertz CT molecular complexity index is 1180. The molecule has 1 aliphatic rings. The van der Waals surface area contributed by atoms with Gasteiger partial charge in [0.1, 0.15) is 6.54 Å². The Labute approximate surface area is 178 Å². The van der Waals surface area contributed by atoms with E-state index in [1.54, 1.807) is 12.1 Å². The standard InChI is InChI=1S/C23H21N3O3S/c1-2-15-12-18(15)22(28)25-19(16-8-4-3-5-9-16)13-24-21(27)14-26-23(29)17-10-6-7-11-20(17)30-26/h1,3-11,15,18-19H,12-14H2,(H,24,27)(H,25,28)/t15-,18+,19-/m0/s1.